The average Bonchev–Trinajstić information content (AvgIpc) is 2.87. The molecule has 21 heavy (non-hydrogen) atoms. The lowest BCUT2D eigenvalue weighted by Crippen LogP contribution is -2.10. The van der Waals surface area contributed by atoms with E-state index in [1.54, 1.807) is 18.2 Å². The molecule has 0 aliphatic carbocycles. The molecule has 0 atom stereocenters. The largest absolute Gasteiger partial charge is 0.366 e. The molecule has 0 saturated carbocycles. The first-order chi connectivity index (χ1) is 10.1. The Balaban J connectivity index is 2.13. The van der Waals surface area contributed by atoms with E-state index in [-0.39, 0.29) is 0 Å². The number of nitrogens with zero attached hydrogens (tertiary/aromatic N) is 3. The summed E-state index contributed by atoms with van der Waals surface area (Å²) in [5, 5.41) is 9.49. The van der Waals surface area contributed by atoms with Gasteiger partial charge in [-0.05, 0) is 24.6 Å². The van der Waals surface area contributed by atoms with Crippen LogP contribution in [0.25, 0.3) is 0 Å². The highest BCUT2D eigenvalue weighted by Gasteiger charge is 2.12. The van der Waals surface area contributed by atoms with Gasteiger partial charge >= 0.3 is 0 Å². The summed E-state index contributed by atoms with van der Waals surface area (Å²) in [7, 11) is 0. The summed E-state index contributed by atoms with van der Waals surface area (Å²) < 4.78 is 1.97. The molecule has 1 amide bonds. The van der Waals surface area contributed by atoms with Crippen molar-refractivity contribution in [3.63, 3.8) is 0 Å². The maximum atomic E-state index is 11.1. The highest BCUT2D eigenvalue weighted by molar-refractivity contribution is 7.98. The highest BCUT2D eigenvalue weighted by atomic mass is 35.5. The predicted octanol–water partition coefficient (Wildman–Crippen LogP) is 1.80. The number of primary amides is 1. The Labute approximate surface area is 131 Å². The van der Waals surface area contributed by atoms with Crippen molar-refractivity contribution in [1.82, 2.24) is 14.8 Å². The zero-order valence-electron chi connectivity index (χ0n) is 11.5. The lowest BCUT2D eigenvalue weighted by molar-refractivity contribution is 0.100. The molecule has 0 aliphatic heterocycles. The number of thioether (sulfide) groups is 1. The summed E-state index contributed by atoms with van der Waals surface area (Å²) in [4.78, 5) is 11.1. The fourth-order valence-corrected chi connectivity index (χ4v) is 3.21. The molecule has 0 unspecified atom stereocenters. The van der Waals surface area contributed by atoms with Crippen molar-refractivity contribution in [2.24, 2.45) is 11.5 Å². The van der Waals surface area contributed by atoms with Crippen LogP contribution in [-0.2, 0) is 18.8 Å². The zero-order chi connectivity index (χ0) is 15.4. The molecule has 0 bridgehead atoms. The van der Waals surface area contributed by atoms with Gasteiger partial charge in [0.15, 0.2) is 5.16 Å². The van der Waals surface area contributed by atoms with E-state index < -0.39 is 5.91 Å². The number of amides is 1. The number of nitrogens with two attached hydrogens (primary N) is 2. The van der Waals surface area contributed by atoms with Crippen molar-refractivity contribution in [2.75, 3.05) is 0 Å². The maximum absolute atomic E-state index is 11.1. The number of rotatable bonds is 6. The number of hydrogen-bond acceptors (Lipinski definition) is 5. The van der Waals surface area contributed by atoms with Gasteiger partial charge in [-0.1, -0.05) is 29.4 Å². The summed E-state index contributed by atoms with van der Waals surface area (Å²) in [6.45, 7) is 3.13. The SMILES string of the molecule is CCn1c(CN)nnc1SCc1ccc(C(N)=O)cc1Cl. The average molecular weight is 326 g/mol. The molecule has 2 rings (SSSR count). The van der Waals surface area contributed by atoms with Gasteiger partial charge in [0.2, 0.25) is 5.91 Å². The first-order valence-electron chi connectivity index (χ1n) is 6.40. The number of benzene rings is 1. The molecule has 1 aromatic heterocycles. The zero-order valence-corrected chi connectivity index (χ0v) is 13.1. The van der Waals surface area contributed by atoms with Crippen molar-refractivity contribution >= 4 is 29.3 Å². The molecule has 8 heteroatoms. The van der Waals surface area contributed by atoms with Crippen LogP contribution in [0, 0.1) is 0 Å². The van der Waals surface area contributed by atoms with Crippen LogP contribution in [0.2, 0.25) is 5.02 Å². The second-order valence-corrected chi connectivity index (χ2v) is 5.66. The van der Waals surface area contributed by atoms with Gasteiger partial charge in [-0.15, -0.1) is 10.2 Å². The van der Waals surface area contributed by atoms with Crippen LogP contribution in [0.4, 0.5) is 0 Å². The summed E-state index contributed by atoms with van der Waals surface area (Å²) in [6.07, 6.45) is 0. The van der Waals surface area contributed by atoms with Crippen molar-refractivity contribution in [2.45, 2.75) is 30.9 Å². The van der Waals surface area contributed by atoms with E-state index in [0.29, 0.717) is 22.9 Å². The summed E-state index contributed by atoms with van der Waals surface area (Å²) in [5.74, 6) is 0.894. The first-order valence-corrected chi connectivity index (χ1v) is 7.76. The molecule has 6 nitrogen and oxygen atoms in total. The number of aromatic nitrogens is 3. The normalized spacial score (nSPS) is 10.8. The Morgan fingerprint density at radius 3 is 2.76 bits per heavy atom. The Kier molecular flexibility index (Phi) is 5.22. The van der Waals surface area contributed by atoms with E-state index in [2.05, 4.69) is 10.2 Å². The Bertz CT molecular complexity index is 658. The third kappa shape index (κ3) is 3.55. The Morgan fingerprint density at radius 2 is 2.19 bits per heavy atom. The lowest BCUT2D eigenvalue weighted by Gasteiger charge is -2.07. The molecule has 0 radical (unpaired) electrons. The van der Waals surface area contributed by atoms with Crippen molar-refractivity contribution < 1.29 is 4.79 Å². The van der Waals surface area contributed by atoms with E-state index in [9.17, 15) is 4.79 Å². The van der Waals surface area contributed by atoms with E-state index in [4.69, 9.17) is 23.1 Å². The molecule has 1 aromatic carbocycles. The van der Waals surface area contributed by atoms with Crippen molar-refractivity contribution in [1.29, 1.82) is 0 Å². The van der Waals surface area contributed by atoms with E-state index in [1.807, 2.05) is 11.5 Å². The van der Waals surface area contributed by atoms with Gasteiger partial charge in [0.1, 0.15) is 5.82 Å². The monoisotopic (exact) mass is 325 g/mol. The van der Waals surface area contributed by atoms with Crippen molar-refractivity contribution in [3.05, 3.63) is 40.2 Å². The molecular formula is C13H16ClN5OS. The minimum atomic E-state index is -0.491. The van der Waals surface area contributed by atoms with Crippen LogP contribution in [0.15, 0.2) is 23.4 Å². The number of carbonyl (C=O) groups is 1. The van der Waals surface area contributed by atoms with E-state index in [0.717, 1.165) is 23.1 Å². The van der Waals surface area contributed by atoms with E-state index in [1.165, 1.54) is 11.8 Å². The van der Waals surface area contributed by atoms with E-state index >= 15 is 0 Å². The summed E-state index contributed by atoms with van der Waals surface area (Å²) in [5.41, 5.74) is 12.1. The maximum Gasteiger partial charge on any atom is 0.248 e. The molecule has 4 N–H and O–H groups in total. The number of halogens is 1. The van der Waals surface area contributed by atoms with Gasteiger partial charge in [0.05, 0.1) is 6.54 Å². The van der Waals surface area contributed by atoms with Crippen LogP contribution in [0.3, 0.4) is 0 Å². The van der Waals surface area contributed by atoms with Gasteiger partial charge in [-0.2, -0.15) is 0 Å². The van der Waals surface area contributed by atoms with Crippen LogP contribution in [0.5, 0.6) is 0 Å². The van der Waals surface area contributed by atoms with Gasteiger partial charge < -0.3 is 16.0 Å². The van der Waals surface area contributed by atoms with Gasteiger partial charge in [0.25, 0.3) is 0 Å². The molecule has 2 aromatic rings. The van der Waals surface area contributed by atoms with Gasteiger partial charge in [-0.3, -0.25) is 4.79 Å². The fraction of sp³-hybridized carbons (Fsp3) is 0.308. The number of hydrogen-bond donors (Lipinski definition) is 2. The Morgan fingerprint density at radius 1 is 1.43 bits per heavy atom. The minimum Gasteiger partial charge on any atom is -0.366 e. The first kappa shape index (κ1) is 15.8. The fourth-order valence-electron chi connectivity index (χ4n) is 1.85. The van der Waals surface area contributed by atoms with Crippen molar-refractivity contribution in [3.8, 4) is 0 Å². The van der Waals surface area contributed by atoms with Crippen LogP contribution >= 0.6 is 23.4 Å². The molecule has 1 heterocycles. The molecule has 112 valence electrons. The second kappa shape index (κ2) is 6.93. The number of carbonyl (C=O) groups excluding carboxylic acids is 1. The minimum absolute atomic E-state index is 0.357. The lowest BCUT2D eigenvalue weighted by atomic mass is 10.1. The quantitative estimate of drug-likeness (QED) is 0.789. The standard InChI is InChI=1S/C13H16ClN5OS/c1-2-19-11(6-15)17-18-13(19)21-7-9-4-3-8(12(16)20)5-10(9)14/h3-5H,2,6-7,15H2,1H3,(H2,16,20). The van der Waals surface area contributed by atoms with Crippen LogP contribution in [-0.4, -0.2) is 20.7 Å². The van der Waals surface area contributed by atoms with Gasteiger partial charge in [0, 0.05) is 22.9 Å². The predicted molar refractivity (Wildman–Crippen MR) is 83.1 cm³/mol. The van der Waals surface area contributed by atoms with Crippen LogP contribution in [0.1, 0.15) is 28.7 Å². The highest BCUT2D eigenvalue weighted by Crippen LogP contribution is 2.26. The molecular weight excluding hydrogens is 310 g/mol. The topological polar surface area (TPSA) is 99.8 Å². The third-order valence-corrected chi connectivity index (χ3v) is 4.35. The Hall–Kier alpha value is -1.57. The smallest absolute Gasteiger partial charge is 0.248 e. The second-order valence-electron chi connectivity index (χ2n) is 4.31. The summed E-state index contributed by atoms with van der Waals surface area (Å²) in [6, 6.07) is 5.04. The molecule has 0 fully saturated rings. The third-order valence-electron chi connectivity index (χ3n) is 2.99. The molecule has 0 saturated heterocycles. The summed E-state index contributed by atoms with van der Waals surface area (Å²) >= 11 is 7.68. The van der Waals surface area contributed by atoms with Gasteiger partial charge in [-0.25, -0.2) is 0 Å². The molecule has 0 aliphatic rings. The van der Waals surface area contributed by atoms with Crippen LogP contribution < -0.4 is 11.5 Å². The molecule has 0 spiro atoms.